The van der Waals surface area contributed by atoms with Crippen LogP contribution in [0.15, 0.2) is 0 Å². The zero-order chi connectivity index (χ0) is 12.6. The summed E-state index contributed by atoms with van der Waals surface area (Å²) in [5.41, 5.74) is 0. The summed E-state index contributed by atoms with van der Waals surface area (Å²) in [4.78, 5) is 23.7. The average molecular weight is 230 g/mol. The van der Waals surface area contributed by atoms with Gasteiger partial charge in [0.25, 0.3) is 0 Å². The molecule has 0 aliphatic rings. The van der Waals surface area contributed by atoms with E-state index in [9.17, 15) is 9.59 Å². The molecule has 0 unspecified atom stereocenters. The van der Waals surface area contributed by atoms with Crippen LogP contribution in [-0.2, 0) is 9.59 Å². The van der Waals surface area contributed by atoms with E-state index >= 15 is 0 Å². The van der Waals surface area contributed by atoms with E-state index in [0.717, 1.165) is 6.42 Å². The molecule has 5 heteroatoms. The Kier molecular flexibility index (Phi) is 7.54. The third-order valence-electron chi connectivity index (χ3n) is 1.92. The van der Waals surface area contributed by atoms with Crippen LogP contribution in [-0.4, -0.2) is 48.1 Å². The standard InChI is InChI=1S/C11H22N2O3/c1-4-5-12-10(14)7-13(6-9(2)3)8-11(15)16/h9H,4-8H2,1-3H3,(H,12,14)(H,15,16). The topological polar surface area (TPSA) is 69.6 Å². The fraction of sp³-hybridized carbons (Fsp3) is 0.818. The first-order chi connectivity index (χ1) is 7.45. The molecule has 5 nitrogen and oxygen atoms in total. The number of aliphatic carboxylic acids is 1. The number of nitrogens with one attached hydrogen (secondary N) is 1. The number of nitrogens with zero attached hydrogens (tertiary/aromatic N) is 1. The molecular formula is C11H22N2O3. The predicted molar refractivity (Wildman–Crippen MR) is 62.2 cm³/mol. The summed E-state index contributed by atoms with van der Waals surface area (Å²) in [5.74, 6) is -0.661. The van der Waals surface area contributed by atoms with Crippen molar-refractivity contribution in [1.82, 2.24) is 10.2 Å². The zero-order valence-corrected chi connectivity index (χ0v) is 10.3. The second-order valence-electron chi connectivity index (χ2n) is 4.31. The van der Waals surface area contributed by atoms with Crippen LogP contribution in [0, 0.1) is 5.92 Å². The molecule has 0 atom stereocenters. The highest BCUT2D eigenvalue weighted by atomic mass is 16.4. The molecule has 16 heavy (non-hydrogen) atoms. The van der Waals surface area contributed by atoms with E-state index in [0.29, 0.717) is 19.0 Å². The van der Waals surface area contributed by atoms with Crippen molar-refractivity contribution >= 4 is 11.9 Å². The molecule has 0 saturated heterocycles. The van der Waals surface area contributed by atoms with Crippen molar-refractivity contribution in [2.75, 3.05) is 26.2 Å². The first-order valence-corrected chi connectivity index (χ1v) is 5.66. The molecule has 1 amide bonds. The monoisotopic (exact) mass is 230 g/mol. The van der Waals surface area contributed by atoms with Crippen molar-refractivity contribution in [3.05, 3.63) is 0 Å². The summed E-state index contributed by atoms with van der Waals surface area (Å²) in [6.45, 7) is 7.30. The first-order valence-electron chi connectivity index (χ1n) is 5.66. The fourth-order valence-corrected chi connectivity index (χ4v) is 1.42. The van der Waals surface area contributed by atoms with Gasteiger partial charge in [-0.15, -0.1) is 0 Å². The summed E-state index contributed by atoms with van der Waals surface area (Å²) in [6, 6.07) is 0. The molecule has 0 aromatic rings. The van der Waals surface area contributed by atoms with Crippen LogP contribution in [0.2, 0.25) is 0 Å². The van der Waals surface area contributed by atoms with Crippen LogP contribution in [0.25, 0.3) is 0 Å². The fourth-order valence-electron chi connectivity index (χ4n) is 1.42. The van der Waals surface area contributed by atoms with Crippen molar-refractivity contribution in [3.8, 4) is 0 Å². The van der Waals surface area contributed by atoms with E-state index in [-0.39, 0.29) is 19.0 Å². The lowest BCUT2D eigenvalue weighted by atomic mass is 10.2. The highest BCUT2D eigenvalue weighted by molar-refractivity contribution is 5.78. The molecule has 0 heterocycles. The number of carboxylic acid groups (broad SMARTS) is 1. The zero-order valence-electron chi connectivity index (χ0n) is 10.3. The lowest BCUT2D eigenvalue weighted by Gasteiger charge is -2.21. The Bertz CT molecular complexity index is 229. The molecule has 0 saturated carbocycles. The van der Waals surface area contributed by atoms with Crippen LogP contribution >= 0.6 is 0 Å². The molecule has 2 N–H and O–H groups in total. The number of hydrogen-bond acceptors (Lipinski definition) is 3. The maximum atomic E-state index is 11.4. The first kappa shape index (κ1) is 14.9. The van der Waals surface area contributed by atoms with Crippen LogP contribution in [0.1, 0.15) is 27.2 Å². The highest BCUT2D eigenvalue weighted by Crippen LogP contribution is 1.98. The van der Waals surface area contributed by atoms with Gasteiger partial charge in [-0.05, 0) is 12.3 Å². The molecule has 0 aromatic heterocycles. The van der Waals surface area contributed by atoms with E-state index in [2.05, 4.69) is 5.32 Å². The van der Waals surface area contributed by atoms with Crippen molar-refractivity contribution in [2.45, 2.75) is 27.2 Å². The van der Waals surface area contributed by atoms with Crippen molar-refractivity contribution in [3.63, 3.8) is 0 Å². The summed E-state index contributed by atoms with van der Waals surface area (Å²) in [6.07, 6.45) is 0.884. The number of carbonyl (C=O) groups is 2. The Morgan fingerprint density at radius 1 is 1.31 bits per heavy atom. The normalized spacial score (nSPS) is 10.8. The number of carbonyl (C=O) groups excluding carboxylic acids is 1. The number of hydrogen-bond donors (Lipinski definition) is 2. The minimum atomic E-state index is -0.899. The Morgan fingerprint density at radius 2 is 1.94 bits per heavy atom. The maximum absolute atomic E-state index is 11.4. The summed E-state index contributed by atoms with van der Waals surface area (Å²) in [7, 11) is 0. The van der Waals surface area contributed by atoms with Crippen molar-refractivity contribution in [2.24, 2.45) is 5.92 Å². The van der Waals surface area contributed by atoms with Crippen LogP contribution in [0.5, 0.6) is 0 Å². The number of amides is 1. The van der Waals surface area contributed by atoms with Gasteiger partial charge in [0.15, 0.2) is 0 Å². The minimum Gasteiger partial charge on any atom is -0.480 e. The third kappa shape index (κ3) is 8.23. The Labute approximate surface area is 96.8 Å². The van der Waals surface area contributed by atoms with Crippen LogP contribution in [0.3, 0.4) is 0 Å². The predicted octanol–water partition coefficient (Wildman–Crippen LogP) is 0.555. The average Bonchev–Trinajstić information content (AvgIpc) is 2.12. The van der Waals surface area contributed by atoms with Gasteiger partial charge >= 0.3 is 5.97 Å². The highest BCUT2D eigenvalue weighted by Gasteiger charge is 2.14. The minimum absolute atomic E-state index is 0.0856. The molecule has 0 spiro atoms. The van der Waals surface area contributed by atoms with Gasteiger partial charge in [0.2, 0.25) is 5.91 Å². The van der Waals surface area contributed by atoms with E-state index in [1.165, 1.54) is 0 Å². The molecule has 0 aliphatic heterocycles. The Morgan fingerprint density at radius 3 is 2.38 bits per heavy atom. The lowest BCUT2D eigenvalue weighted by molar-refractivity contribution is -0.138. The smallest absolute Gasteiger partial charge is 0.317 e. The number of rotatable bonds is 8. The Balaban J connectivity index is 4.08. The second-order valence-corrected chi connectivity index (χ2v) is 4.31. The molecule has 0 rings (SSSR count). The van der Waals surface area contributed by atoms with Gasteiger partial charge < -0.3 is 10.4 Å². The van der Waals surface area contributed by atoms with Gasteiger partial charge in [-0.3, -0.25) is 14.5 Å². The molecule has 94 valence electrons. The maximum Gasteiger partial charge on any atom is 0.317 e. The SMILES string of the molecule is CCCNC(=O)CN(CC(=O)O)CC(C)C. The van der Waals surface area contributed by atoms with Crippen molar-refractivity contribution < 1.29 is 14.7 Å². The van der Waals surface area contributed by atoms with Gasteiger partial charge in [-0.25, -0.2) is 0 Å². The third-order valence-corrected chi connectivity index (χ3v) is 1.92. The van der Waals surface area contributed by atoms with Crippen LogP contribution in [0.4, 0.5) is 0 Å². The Hall–Kier alpha value is -1.10. The van der Waals surface area contributed by atoms with E-state index in [1.54, 1.807) is 4.90 Å². The van der Waals surface area contributed by atoms with Crippen LogP contribution < -0.4 is 5.32 Å². The van der Waals surface area contributed by atoms with E-state index < -0.39 is 5.97 Å². The molecular weight excluding hydrogens is 208 g/mol. The molecule has 0 aromatic carbocycles. The largest absolute Gasteiger partial charge is 0.480 e. The van der Waals surface area contributed by atoms with Crippen molar-refractivity contribution in [1.29, 1.82) is 0 Å². The second kappa shape index (κ2) is 8.10. The summed E-state index contributed by atoms with van der Waals surface area (Å²) in [5, 5.41) is 11.4. The molecule has 0 bridgehead atoms. The van der Waals surface area contributed by atoms with E-state index in [1.807, 2.05) is 20.8 Å². The lowest BCUT2D eigenvalue weighted by Crippen LogP contribution is -2.41. The summed E-state index contributed by atoms with van der Waals surface area (Å²) < 4.78 is 0. The quantitative estimate of drug-likeness (QED) is 0.639. The van der Waals surface area contributed by atoms with E-state index in [4.69, 9.17) is 5.11 Å². The van der Waals surface area contributed by atoms with Gasteiger partial charge in [0.05, 0.1) is 13.1 Å². The molecule has 0 fully saturated rings. The summed E-state index contributed by atoms with van der Waals surface area (Å²) >= 11 is 0. The van der Waals surface area contributed by atoms with Gasteiger partial charge in [0, 0.05) is 13.1 Å². The van der Waals surface area contributed by atoms with Gasteiger partial charge in [0.1, 0.15) is 0 Å². The molecule has 0 aliphatic carbocycles. The van der Waals surface area contributed by atoms with Gasteiger partial charge in [-0.2, -0.15) is 0 Å². The number of carboxylic acids is 1. The molecule has 0 radical (unpaired) electrons. The van der Waals surface area contributed by atoms with Gasteiger partial charge in [-0.1, -0.05) is 20.8 Å².